The van der Waals surface area contributed by atoms with Crippen LogP contribution in [0.2, 0.25) is 5.02 Å². The SMILES string of the molecule is FC(F)(F)c1c(Br)c(C2CC2)nc2ccc(Cl)cc12. The second-order valence-corrected chi connectivity index (χ2v) is 5.85. The first-order valence-electron chi connectivity index (χ1n) is 5.74. The van der Waals surface area contributed by atoms with Crippen molar-refractivity contribution in [1.82, 2.24) is 4.98 Å². The van der Waals surface area contributed by atoms with E-state index in [1.165, 1.54) is 12.1 Å². The molecule has 0 unspecified atom stereocenters. The molecule has 2 aromatic rings. The smallest absolute Gasteiger partial charge is 0.251 e. The first kappa shape index (κ1) is 13.2. The lowest BCUT2D eigenvalue weighted by atomic mass is 10.1. The number of halogens is 5. The Morgan fingerprint density at radius 2 is 1.95 bits per heavy atom. The first-order valence-corrected chi connectivity index (χ1v) is 6.91. The summed E-state index contributed by atoms with van der Waals surface area (Å²) in [5, 5.41) is 0.308. The third kappa shape index (κ3) is 2.34. The van der Waals surface area contributed by atoms with Gasteiger partial charge in [0.25, 0.3) is 0 Å². The lowest BCUT2D eigenvalue weighted by Gasteiger charge is -2.15. The Bertz CT molecular complexity index is 665. The number of aromatic nitrogens is 1. The van der Waals surface area contributed by atoms with Crippen molar-refractivity contribution in [3.8, 4) is 0 Å². The normalized spacial score (nSPS) is 16.1. The van der Waals surface area contributed by atoms with Crippen molar-refractivity contribution in [2.45, 2.75) is 24.9 Å². The third-order valence-corrected chi connectivity index (χ3v) is 4.20. The van der Waals surface area contributed by atoms with Crippen molar-refractivity contribution in [2.24, 2.45) is 0 Å². The summed E-state index contributed by atoms with van der Waals surface area (Å²) in [7, 11) is 0. The van der Waals surface area contributed by atoms with E-state index in [0.717, 1.165) is 12.8 Å². The minimum atomic E-state index is -4.44. The van der Waals surface area contributed by atoms with Gasteiger partial charge in [-0.1, -0.05) is 11.6 Å². The summed E-state index contributed by atoms with van der Waals surface area (Å²) in [5.41, 5.74) is 0.158. The average Bonchev–Trinajstić information content (AvgIpc) is 3.10. The minimum Gasteiger partial charge on any atom is -0.251 e. The third-order valence-electron chi connectivity index (χ3n) is 3.16. The van der Waals surface area contributed by atoms with E-state index in [2.05, 4.69) is 20.9 Å². The Morgan fingerprint density at radius 1 is 1.26 bits per heavy atom. The molecule has 0 atom stereocenters. The fourth-order valence-electron chi connectivity index (χ4n) is 2.14. The molecule has 0 aliphatic heterocycles. The Labute approximate surface area is 120 Å². The molecule has 0 radical (unpaired) electrons. The standard InChI is InChI=1S/C13H8BrClF3N/c14-11-10(13(16,17)18)8-5-7(15)3-4-9(8)19-12(11)6-1-2-6/h3-6H,1-2H2. The Hall–Kier alpha value is -0.810. The Morgan fingerprint density at radius 3 is 2.53 bits per heavy atom. The van der Waals surface area contributed by atoms with E-state index in [-0.39, 0.29) is 20.8 Å². The van der Waals surface area contributed by atoms with Crippen LogP contribution in [0.15, 0.2) is 22.7 Å². The van der Waals surface area contributed by atoms with Gasteiger partial charge in [0, 0.05) is 16.3 Å². The van der Waals surface area contributed by atoms with Gasteiger partial charge in [-0.15, -0.1) is 0 Å². The van der Waals surface area contributed by atoms with Crippen molar-refractivity contribution in [1.29, 1.82) is 0 Å². The number of pyridine rings is 1. The fraction of sp³-hybridized carbons (Fsp3) is 0.308. The predicted molar refractivity (Wildman–Crippen MR) is 71.4 cm³/mol. The maximum Gasteiger partial charge on any atom is 0.418 e. The number of fused-ring (bicyclic) bond motifs is 1. The summed E-state index contributed by atoms with van der Waals surface area (Å²) >= 11 is 8.88. The van der Waals surface area contributed by atoms with Crippen LogP contribution in [0.3, 0.4) is 0 Å². The molecule has 0 amide bonds. The highest BCUT2D eigenvalue weighted by molar-refractivity contribution is 9.10. The predicted octanol–water partition coefficient (Wildman–Crippen LogP) is 5.55. The molecule has 0 spiro atoms. The van der Waals surface area contributed by atoms with Crippen LogP contribution in [0.4, 0.5) is 13.2 Å². The molecule has 1 saturated carbocycles. The van der Waals surface area contributed by atoms with Gasteiger partial charge in [-0.2, -0.15) is 13.2 Å². The summed E-state index contributed by atoms with van der Waals surface area (Å²) < 4.78 is 39.9. The van der Waals surface area contributed by atoms with E-state index in [0.29, 0.717) is 11.2 Å². The number of benzene rings is 1. The minimum absolute atomic E-state index is 0.0382. The summed E-state index contributed by atoms with van der Waals surface area (Å²) in [6.07, 6.45) is -2.65. The van der Waals surface area contributed by atoms with Gasteiger partial charge in [-0.05, 0) is 47.0 Å². The van der Waals surface area contributed by atoms with Crippen LogP contribution in [-0.2, 0) is 6.18 Å². The van der Waals surface area contributed by atoms with Gasteiger partial charge < -0.3 is 0 Å². The summed E-state index contributed by atoms with van der Waals surface area (Å²) in [4.78, 5) is 4.35. The van der Waals surface area contributed by atoms with Crippen LogP contribution < -0.4 is 0 Å². The van der Waals surface area contributed by atoms with Crippen molar-refractivity contribution < 1.29 is 13.2 Å². The zero-order chi connectivity index (χ0) is 13.8. The first-order chi connectivity index (χ1) is 8.88. The molecule has 100 valence electrons. The van der Waals surface area contributed by atoms with E-state index in [4.69, 9.17) is 11.6 Å². The van der Waals surface area contributed by atoms with Crippen LogP contribution >= 0.6 is 27.5 Å². The molecule has 6 heteroatoms. The Balaban J connectivity index is 2.39. The lowest BCUT2D eigenvalue weighted by Crippen LogP contribution is -2.10. The van der Waals surface area contributed by atoms with Crippen LogP contribution in [0.5, 0.6) is 0 Å². The Kier molecular flexibility index (Phi) is 3.02. The fourth-order valence-corrected chi connectivity index (χ4v) is 3.16. The molecule has 1 aromatic carbocycles. The topological polar surface area (TPSA) is 12.9 Å². The summed E-state index contributed by atoms with van der Waals surface area (Å²) in [5.74, 6) is 0.135. The lowest BCUT2D eigenvalue weighted by molar-refractivity contribution is -0.137. The van der Waals surface area contributed by atoms with Crippen LogP contribution in [0, 0.1) is 0 Å². The molecule has 0 N–H and O–H groups in total. The molecule has 1 heterocycles. The van der Waals surface area contributed by atoms with Gasteiger partial charge in [0.05, 0.1) is 21.2 Å². The molecule has 3 rings (SSSR count). The number of hydrogen-bond acceptors (Lipinski definition) is 1. The second kappa shape index (κ2) is 4.35. The van der Waals surface area contributed by atoms with Gasteiger partial charge in [0.2, 0.25) is 0 Å². The molecule has 1 aromatic heterocycles. The molecule has 1 aliphatic carbocycles. The zero-order valence-corrected chi connectivity index (χ0v) is 11.9. The van der Waals surface area contributed by atoms with Gasteiger partial charge in [0.1, 0.15) is 0 Å². The molecular formula is C13H8BrClF3N. The highest BCUT2D eigenvalue weighted by Crippen LogP contribution is 2.48. The molecule has 1 nitrogen and oxygen atoms in total. The maximum absolute atomic E-state index is 13.3. The van der Waals surface area contributed by atoms with E-state index >= 15 is 0 Å². The maximum atomic E-state index is 13.3. The van der Waals surface area contributed by atoms with Crippen LogP contribution in [-0.4, -0.2) is 4.98 Å². The van der Waals surface area contributed by atoms with Gasteiger partial charge in [-0.3, -0.25) is 4.98 Å². The molecule has 1 fully saturated rings. The number of hydrogen-bond donors (Lipinski definition) is 0. The van der Waals surface area contributed by atoms with Gasteiger partial charge in [-0.25, -0.2) is 0 Å². The van der Waals surface area contributed by atoms with Gasteiger partial charge in [0.15, 0.2) is 0 Å². The zero-order valence-electron chi connectivity index (χ0n) is 9.56. The van der Waals surface area contributed by atoms with Crippen LogP contribution in [0.1, 0.15) is 30.0 Å². The molecule has 0 saturated heterocycles. The highest BCUT2D eigenvalue weighted by Gasteiger charge is 2.39. The second-order valence-electron chi connectivity index (χ2n) is 4.62. The van der Waals surface area contributed by atoms with Crippen LogP contribution in [0.25, 0.3) is 10.9 Å². The van der Waals surface area contributed by atoms with Crippen molar-refractivity contribution in [2.75, 3.05) is 0 Å². The molecule has 0 bridgehead atoms. The monoisotopic (exact) mass is 349 g/mol. The number of nitrogens with zero attached hydrogens (tertiary/aromatic N) is 1. The quantitative estimate of drug-likeness (QED) is 0.657. The highest BCUT2D eigenvalue weighted by atomic mass is 79.9. The largest absolute Gasteiger partial charge is 0.418 e. The molecule has 19 heavy (non-hydrogen) atoms. The number of alkyl halides is 3. The van der Waals surface area contributed by atoms with Gasteiger partial charge >= 0.3 is 6.18 Å². The summed E-state index contributed by atoms with van der Waals surface area (Å²) in [6.45, 7) is 0. The number of rotatable bonds is 1. The summed E-state index contributed by atoms with van der Waals surface area (Å²) in [6, 6.07) is 4.40. The van der Waals surface area contributed by atoms with E-state index in [1.54, 1.807) is 6.07 Å². The van der Waals surface area contributed by atoms with Crippen molar-refractivity contribution in [3.63, 3.8) is 0 Å². The van der Waals surface area contributed by atoms with E-state index < -0.39 is 11.7 Å². The van der Waals surface area contributed by atoms with E-state index in [1.807, 2.05) is 0 Å². The van der Waals surface area contributed by atoms with Crippen molar-refractivity contribution >= 4 is 38.4 Å². The van der Waals surface area contributed by atoms with Crippen molar-refractivity contribution in [3.05, 3.63) is 39.0 Å². The average molecular weight is 351 g/mol. The van der Waals surface area contributed by atoms with E-state index in [9.17, 15) is 13.2 Å². The molecule has 1 aliphatic rings. The molecular weight excluding hydrogens is 343 g/mol.